The quantitative estimate of drug-likeness (QED) is 0.464. The first kappa shape index (κ1) is 21.9. The Hall–Kier alpha value is -2.36. The van der Waals surface area contributed by atoms with E-state index in [9.17, 15) is 10.2 Å². The van der Waals surface area contributed by atoms with Gasteiger partial charge in [-0.1, -0.05) is 26.0 Å². The largest absolute Gasteiger partial charge is 0.504 e. The van der Waals surface area contributed by atoms with Gasteiger partial charge in [-0.2, -0.15) is 0 Å². The number of aryl methyl sites for hydroxylation is 2. The van der Waals surface area contributed by atoms with Crippen molar-refractivity contribution >= 4 is 0 Å². The summed E-state index contributed by atoms with van der Waals surface area (Å²) in [6.45, 7) is 8.10. The molecule has 0 saturated heterocycles. The maximum absolute atomic E-state index is 10.1. The average Bonchev–Trinajstić information content (AvgIpc) is 2.68. The Bertz CT molecular complexity index is 678. The Morgan fingerprint density at radius 3 is 1.43 bits per heavy atom. The van der Waals surface area contributed by atoms with E-state index in [0.29, 0.717) is 11.5 Å². The Morgan fingerprint density at radius 2 is 1.11 bits per heavy atom. The number of benzene rings is 2. The minimum Gasteiger partial charge on any atom is -0.504 e. The molecule has 0 aromatic heterocycles. The smallest absolute Gasteiger partial charge is 0.161 e. The van der Waals surface area contributed by atoms with E-state index >= 15 is 0 Å². The Labute approximate surface area is 169 Å². The molecule has 154 valence electrons. The van der Waals surface area contributed by atoms with Crippen molar-refractivity contribution in [1.29, 1.82) is 0 Å². The fourth-order valence-electron chi connectivity index (χ4n) is 2.89. The fraction of sp³-hybridized carbons (Fsp3) is 0.500. The number of aromatic hydroxyl groups is 2. The highest BCUT2D eigenvalue weighted by molar-refractivity contribution is 5.43. The van der Waals surface area contributed by atoms with Gasteiger partial charge < -0.3 is 19.7 Å². The third kappa shape index (κ3) is 6.66. The minimum absolute atomic E-state index is 0.0927. The van der Waals surface area contributed by atoms with Crippen LogP contribution in [0.25, 0.3) is 0 Å². The molecule has 0 aliphatic heterocycles. The second-order valence-electron chi connectivity index (χ2n) is 7.48. The monoisotopic (exact) mass is 386 g/mol. The van der Waals surface area contributed by atoms with E-state index in [2.05, 4.69) is 13.8 Å². The van der Waals surface area contributed by atoms with Crippen LogP contribution in [0.1, 0.15) is 64.5 Å². The van der Waals surface area contributed by atoms with Crippen molar-refractivity contribution in [3.8, 4) is 23.0 Å². The summed E-state index contributed by atoms with van der Waals surface area (Å²) in [6, 6.07) is 11.3. The Morgan fingerprint density at radius 1 is 0.714 bits per heavy atom. The maximum Gasteiger partial charge on any atom is 0.161 e. The van der Waals surface area contributed by atoms with Gasteiger partial charge in [0.25, 0.3) is 0 Å². The highest BCUT2D eigenvalue weighted by Crippen LogP contribution is 2.30. The lowest BCUT2D eigenvalue weighted by molar-refractivity contribution is 0.208. The van der Waals surface area contributed by atoms with Crippen LogP contribution in [0.5, 0.6) is 23.0 Å². The summed E-state index contributed by atoms with van der Waals surface area (Å²) in [5, 5.41) is 20.3. The predicted octanol–water partition coefficient (Wildman–Crippen LogP) is 6.02. The fourth-order valence-corrected chi connectivity index (χ4v) is 2.89. The number of phenols is 2. The third-order valence-corrected chi connectivity index (χ3v) is 5.03. The Kier molecular flexibility index (Phi) is 8.49. The lowest BCUT2D eigenvalue weighted by Gasteiger charge is -2.15. The van der Waals surface area contributed by atoms with Crippen LogP contribution in [-0.2, 0) is 12.8 Å². The lowest BCUT2D eigenvalue weighted by atomic mass is 10.0. The summed E-state index contributed by atoms with van der Waals surface area (Å²) in [5.41, 5.74) is 2.21. The third-order valence-electron chi connectivity index (χ3n) is 5.03. The number of ether oxygens (including phenoxy) is 2. The molecule has 0 aliphatic rings. The van der Waals surface area contributed by atoms with E-state index in [-0.39, 0.29) is 23.7 Å². The molecule has 0 spiro atoms. The van der Waals surface area contributed by atoms with E-state index < -0.39 is 0 Å². The summed E-state index contributed by atoms with van der Waals surface area (Å²) in [4.78, 5) is 0. The van der Waals surface area contributed by atoms with Crippen LogP contribution in [0, 0.1) is 0 Å². The van der Waals surface area contributed by atoms with E-state index in [0.717, 1.165) is 49.7 Å². The van der Waals surface area contributed by atoms with Crippen LogP contribution in [0.2, 0.25) is 0 Å². The molecule has 2 N–H and O–H groups in total. The maximum atomic E-state index is 10.1. The molecule has 2 aromatic rings. The number of phenolic OH excluding ortho intramolecular Hbond substituents is 2. The number of hydrogen-bond donors (Lipinski definition) is 2. The molecule has 28 heavy (non-hydrogen) atoms. The molecule has 2 rings (SSSR count). The molecule has 4 heteroatoms. The first-order valence-electron chi connectivity index (χ1n) is 10.4. The lowest BCUT2D eigenvalue weighted by Crippen LogP contribution is -2.09. The molecule has 0 aliphatic carbocycles. The zero-order chi connectivity index (χ0) is 20.5. The first-order valence-corrected chi connectivity index (χ1v) is 10.4. The summed E-state index contributed by atoms with van der Waals surface area (Å²) in [6.07, 6.45) is 5.82. The first-order chi connectivity index (χ1) is 13.4. The van der Waals surface area contributed by atoms with Crippen molar-refractivity contribution in [3.63, 3.8) is 0 Å². The van der Waals surface area contributed by atoms with Crippen LogP contribution >= 0.6 is 0 Å². The number of rotatable bonds is 11. The van der Waals surface area contributed by atoms with Gasteiger partial charge in [-0.25, -0.2) is 0 Å². The van der Waals surface area contributed by atoms with E-state index in [1.807, 2.05) is 38.1 Å². The van der Waals surface area contributed by atoms with Gasteiger partial charge in [0.1, 0.15) is 0 Å². The minimum atomic E-state index is 0.0927. The van der Waals surface area contributed by atoms with Gasteiger partial charge >= 0.3 is 0 Å². The van der Waals surface area contributed by atoms with Gasteiger partial charge in [0, 0.05) is 0 Å². The summed E-state index contributed by atoms with van der Waals surface area (Å²) in [7, 11) is 0. The van der Waals surface area contributed by atoms with Crippen LogP contribution in [0.15, 0.2) is 36.4 Å². The molecule has 0 bridgehead atoms. The summed E-state index contributed by atoms with van der Waals surface area (Å²) in [5.74, 6) is 1.51. The Balaban J connectivity index is 1.81. The van der Waals surface area contributed by atoms with Crippen LogP contribution < -0.4 is 9.47 Å². The zero-order valence-electron chi connectivity index (χ0n) is 17.6. The van der Waals surface area contributed by atoms with Crippen molar-refractivity contribution < 1.29 is 19.7 Å². The van der Waals surface area contributed by atoms with Crippen LogP contribution in [-0.4, -0.2) is 22.4 Å². The van der Waals surface area contributed by atoms with Crippen LogP contribution in [0.3, 0.4) is 0 Å². The van der Waals surface area contributed by atoms with Gasteiger partial charge in [-0.3, -0.25) is 0 Å². The van der Waals surface area contributed by atoms with Gasteiger partial charge in [-0.05, 0) is 87.8 Å². The van der Waals surface area contributed by atoms with Gasteiger partial charge in [-0.15, -0.1) is 0 Å². The topological polar surface area (TPSA) is 58.9 Å². The standard InChI is InChI=1S/C24H34O4/c1-5-17(3)27-23-13-11-19(15-21(23)25)9-7-8-10-20-12-14-24(22(26)16-20)28-18(4)6-2/h11-18,25-26H,5-10H2,1-4H3. The summed E-state index contributed by atoms with van der Waals surface area (Å²) >= 11 is 0. The van der Waals surface area contributed by atoms with Gasteiger partial charge in [0.05, 0.1) is 12.2 Å². The summed E-state index contributed by atoms with van der Waals surface area (Å²) < 4.78 is 11.4. The van der Waals surface area contributed by atoms with Gasteiger partial charge in [0.2, 0.25) is 0 Å². The number of unbranched alkanes of at least 4 members (excludes halogenated alkanes) is 1. The van der Waals surface area contributed by atoms with Crippen molar-refractivity contribution in [2.75, 3.05) is 0 Å². The second-order valence-corrected chi connectivity index (χ2v) is 7.48. The molecular formula is C24H34O4. The number of hydrogen-bond acceptors (Lipinski definition) is 4. The van der Waals surface area contributed by atoms with Gasteiger partial charge in [0.15, 0.2) is 23.0 Å². The molecule has 0 heterocycles. The highest BCUT2D eigenvalue weighted by atomic mass is 16.5. The van der Waals surface area contributed by atoms with Crippen LogP contribution in [0.4, 0.5) is 0 Å². The normalized spacial score (nSPS) is 13.1. The van der Waals surface area contributed by atoms with Crippen molar-refractivity contribution in [2.45, 2.75) is 78.4 Å². The average molecular weight is 387 g/mol. The van der Waals surface area contributed by atoms with Crippen molar-refractivity contribution in [1.82, 2.24) is 0 Å². The SMILES string of the molecule is CCC(C)Oc1ccc(CCCCc2ccc(OC(C)CC)c(O)c2)cc1O. The van der Waals surface area contributed by atoms with Crippen molar-refractivity contribution in [2.24, 2.45) is 0 Å². The molecular weight excluding hydrogens is 352 g/mol. The highest BCUT2D eigenvalue weighted by Gasteiger charge is 2.09. The molecule has 2 aromatic carbocycles. The van der Waals surface area contributed by atoms with E-state index in [1.54, 1.807) is 12.1 Å². The molecule has 2 unspecified atom stereocenters. The van der Waals surface area contributed by atoms with Crippen molar-refractivity contribution in [3.05, 3.63) is 47.5 Å². The molecule has 2 atom stereocenters. The molecule has 0 radical (unpaired) electrons. The van der Waals surface area contributed by atoms with E-state index in [4.69, 9.17) is 9.47 Å². The molecule has 0 amide bonds. The zero-order valence-corrected chi connectivity index (χ0v) is 17.6. The van der Waals surface area contributed by atoms with E-state index in [1.165, 1.54) is 0 Å². The molecule has 4 nitrogen and oxygen atoms in total. The second kappa shape index (κ2) is 10.8. The molecule has 0 saturated carbocycles. The molecule has 0 fully saturated rings. The predicted molar refractivity (Wildman–Crippen MR) is 114 cm³/mol.